The first-order chi connectivity index (χ1) is 10.3. The molecule has 0 saturated carbocycles. The maximum absolute atomic E-state index is 10.5. The second kappa shape index (κ2) is 6.55. The molecule has 0 spiro atoms. The van der Waals surface area contributed by atoms with Crippen LogP contribution in [0.25, 0.3) is 10.8 Å². The molecule has 21 heavy (non-hydrogen) atoms. The lowest BCUT2D eigenvalue weighted by Gasteiger charge is -2.13. The van der Waals surface area contributed by atoms with Crippen LogP contribution in [0.3, 0.4) is 0 Å². The number of hydrogen-bond donors (Lipinski definition) is 1. The van der Waals surface area contributed by atoms with Crippen molar-refractivity contribution in [1.82, 2.24) is 0 Å². The van der Waals surface area contributed by atoms with E-state index in [0.29, 0.717) is 0 Å². The monoisotopic (exact) mass is 276 g/mol. The van der Waals surface area contributed by atoms with E-state index in [0.717, 1.165) is 30.2 Å². The Labute approximate surface area is 125 Å². The first kappa shape index (κ1) is 13.8. The average molecular weight is 276 g/mol. The fourth-order valence-electron chi connectivity index (χ4n) is 2.84. The molecule has 106 valence electrons. The minimum Gasteiger partial charge on any atom is -0.388 e. The Morgan fingerprint density at radius 3 is 2.33 bits per heavy atom. The molecule has 0 aromatic heterocycles. The third kappa shape index (κ3) is 3.32. The number of aliphatic hydroxyl groups is 1. The second-order valence-electron chi connectivity index (χ2n) is 5.46. The van der Waals surface area contributed by atoms with E-state index in [2.05, 4.69) is 42.5 Å². The van der Waals surface area contributed by atoms with Gasteiger partial charge >= 0.3 is 0 Å². The van der Waals surface area contributed by atoms with Crippen molar-refractivity contribution in [3.05, 3.63) is 83.9 Å². The molecule has 0 fully saturated rings. The zero-order chi connectivity index (χ0) is 14.5. The summed E-state index contributed by atoms with van der Waals surface area (Å²) in [6, 6.07) is 24.9. The summed E-state index contributed by atoms with van der Waals surface area (Å²) in [5.74, 6) is 0. The third-order valence-electron chi connectivity index (χ3n) is 3.97. The molecular weight excluding hydrogens is 256 g/mol. The molecule has 0 bridgehead atoms. The van der Waals surface area contributed by atoms with Gasteiger partial charge in [0.2, 0.25) is 0 Å². The van der Waals surface area contributed by atoms with Crippen LogP contribution in [0.5, 0.6) is 0 Å². The van der Waals surface area contributed by atoms with Gasteiger partial charge in [0.25, 0.3) is 0 Å². The standard InChI is InChI=1S/C20H20O/c21-20(15-6-10-16-8-2-1-3-9-16)19-14-7-12-17-11-4-5-13-18(17)19/h1-5,7-9,11-14,20-21H,6,10,15H2. The largest absolute Gasteiger partial charge is 0.388 e. The molecule has 0 aliphatic rings. The fourth-order valence-corrected chi connectivity index (χ4v) is 2.84. The Morgan fingerprint density at radius 2 is 1.48 bits per heavy atom. The van der Waals surface area contributed by atoms with Crippen LogP contribution in [-0.2, 0) is 6.42 Å². The molecule has 3 aromatic carbocycles. The van der Waals surface area contributed by atoms with Crippen LogP contribution < -0.4 is 0 Å². The predicted molar refractivity (Wildman–Crippen MR) is 88.3 cm³/mol. The Balaban J connectivity index is 1.68. The highest BCUT2D eigenvalue weighted by Gasteiger charge is 2.10. The molecule has 0 saturated heterocycles. The maximum Gasteiger partial charge on any atom is 0.0796 e. The molecule has 1 atom stereocenters. The summed E-state index contributed by atoms with van der Waals surface area (Å²) in [6.07, 6.45) is 2.42. The van der Waals surface area contributed by atoms with Crippen LogP contribution in [0.2, 0.25) is 0 Å². The number of fused-ring (bicyclic) bond motifs is 1. The van der Waals surface area contributed by atoms with Gasteiger partial charge in [0.05, 0.1) is 6.10 Å². The van der Waals surface area contributed by atoms with Gasteiger partial charge in [-0.05, 0) is 41.2 Å². The second-order valence-corrected chi connectivity index (χ2v) is 5.46. The highest BCUT2D eigenvalue weighted by atomic mass is 16.3. The van der Waals surface area contributed by atoms with E-state index in [-0.39, 0.29) is 6.10 Å². The molecule has 0 radical (unpaired) electrons. The third-order valence-corrected chi connectivity index (χ3v) is 3.97. The molecule has 3 rings (SSSR count). The summed E-state index contributed by atoms with van der Waals surface area (Å²) < 4.78 is 0. The minimum absolute atomic E-state index is 0.389. The van der Waals surface area contributed by atoms with Gasteiger partial charge in [-0.3, -0.25) is 0 Å². The normalized spacial score (nSPS) is 12.4. The molecule has 0 heterocycles. The lowest BCUT2D eigenvalue weighted by molar-refractivity contribution is 0.166. The van der Waals surface area contributed by atoms with Crippen molar-refractivity contribution in [2.24, 2.45) is 0 Å². The van der Waals surface area contributed by atoms with E-state index in [1.807, 2.05) is 30.3 Å². The van der Waals surface area contributed by atoms with Gasteiger partial charge in [0.1, 0.15) is 0 Å². The van der Waals surface area contributed by atoms with E-state index in [1.165, 1.54) is 10.9 Å². The molecule has 0 amide bonds. The molecule has 0 aliphatic carbocycles. The molecule has 3 aromatic rings. The molecule has 1 heteroatoms. The highest BCUT2D eigenvalue weighted by Crippen LogP contribution is 2.27. The molecule has 0 aliphatic heterocycles. The topological polar surface area (TPSA) is 20.2 Å². The van der Waals surface area contributed by atoms with E-state index >= 15 is 0 Å². The first-order valence-electron chi connectivity index (χ1n) is 7.54. The molecule has 1 nitrogen and oxygen atoms in total. The summed E-state index contributed by atoms with van der Waals surface area (Å²) in [7, 11) is 0. The van der Waals surface area contributed by atoms with Gasteiger partial charge in [0, 0.05) is 0 Å². The van der Waals surface area contributed by atoms with Crippen LogP contribution in [0.4, 0.5) is 0 Å². The quantitative estimate of drug-likeness (QED) is 0.703. The van der Waals surface area contributed by atoms with E-state index < -0.39 is 0 Å². The van der Waals surface area contributed by atoms with Crippen LogP contribution in [0.15, 0.2) is 72.8 Å². The summed E-state index contributed by atoms with van der Waals surface area (Å²) in [5, 5.41) is 12.8. The number of benzene rings is 3. The lowest BCUT2D eigenvalue weighted by Crippen LogP contribution is -1.99. The molecule has 1 unspecified atom stereocenters. The van der Waals surface area contributed by atoms with Gasteiger partial charge < -0.3 is 5.11 Å². The van der Waals surface area contributed by atoms with Crippen LogP contribution >= 0.6 is 0 Å². The Kier molecular flexibility index (Phi) is 4.32. The number of aliphatic hydroxyl groups excluding tert-OH is 1. The zero-order valence-electron chi connectivity index (χ0n) is 12.1. The van der Waals surface area contributed by atoms with Crippen molar-refractivity contribution in [2.45, 2.75) is 25.4 Å². The van der Waals surface area contributed by atoms with Crippen molar-refractivity contribution in [3.63, 3.8) is 0 Å². The van der Waals surface area contributed by atoms with E-state index in [4.69, 9.17) is 0 Å². The van der Waals surface area contributed by atoms with Gasteiger partial charge in [-0.1, -0.05) is 72.8 Å². The average Bonchev–Trinajstić information content (AvgIpc) is 2.55. The van der Waals surface area contributed by atoms with E-state index in [9.17, 15) is 5.11 Å². The smallest absolute Gasteiger partial charge is 0.0796 e. The predicted octanol–water partition coefficient (Wildman–Crippen LogP) is 4.90. The summed E-state index contributed by atoms with van der Waals surface area (Å²) in [5.41, 5.74) is 2.38. The fraction of sp³-hybridized carbons (Fsp3) is 0.200. The minimum atomic E-state index is -0.389. The first-order valence-corrected chi connectivity index (χ1v) is 7.54. The lowest BCUT2D eigenvalue weighted by atomic mass is 9.96. The van der Waals surface area contributed by atoms with E-state index in [1.54, 1.807) is 0 Å². The number of rotatable bonds is 5. The Hall–Kier alpha value is -2.12. The van der Waals surface area contributed by atoms with Crippen LogP contribution in [0, 0.1) is 0 Å². The van der Waals surface area contributed by atoms with Crippen molar-refractivity contribution >= 4 is 10.8 Å². The van der Waals surface area contributed by atoms with Gasteiger partial charge in [-0.2, -0.15) is 0 Å². The van der Waals surface area contributed by atoms with Crippen LogP contribution in [0.1, 0.15) is 30.1 Å². The highest BCUT2D eigenvalue weighted by molar-refractivity contribution is 5.85. The Morgan fingerprint density at radius 1 is 0.762 bits per heavy atom. The summed E-state index contributed by atoms with van der Waals surface area (Å²) in [6.45, 7) is 0. The van der Waals surface area contributed by atoms with Crippen LogP contribution in [-0.4, -0.2) is 5.11 Å². The zero-order valence-corrected chi connectivity index (χ0v) is 12.1. The van der Waals surface area contributed by atoms with Crippen molar-refractivity contribution in [1.29, 1.82) is 0 Å². The van der Waals surface area contributed by atoms with Gasteiger partial charge in [-0.15, -0.1) is 0 Å². The van der Waals surface area contributed by atoms with Gasteiger partial charge in [-0.25, -0.2) is 0 Å². The number of aryl methyl sites for hydroxylation is 1. The van der Waals surface area contributed by atoms with Gasteiger partial charge in [0.15, 0.2) is 0 Å². The van der Waals surface area contributed by atoms with Crippen molar-refractivity contribution in [2.75, 3.05) is 0 Å². The molecular formula is C20H20O. The summed E-state index contributed by atoms with van der Waals surface area (Å²) in [4.78, 5) is 0. The van der Waals surface area contributed by atoms with Crippen molar-refractivity contribution in [3.8, 4) is 0 Å². The molecule has 1 N–H and O–H groups in total. The van der Waals surface area contributed by atoms with Crippen molar-refractivity contribution < 1.29 is 5.11 Å². The Bertz CT molecular complexity index is 698. The number of hydrogen-bond acceptors (Lipinski definition) is 1. The SMILES string of the molecule is OC(CCCc1ccccc1)c1cccc2ccccc12. The maximum atomic E-state index is 10.5. The summed E-state index contributed by atoms with van der Waals surface area (Å²) >= 11 is 0.